The van der Waals surface area contributed by atoms with E-state index >= 15 is 0 Å². The van der Waals surface area contributed by atoms with Crippen LogP contribution in [0.15, 0.2) is 30.9 Å². The van der Waals surface area contributed by atoms with Crippen LogP contribution in [0.25, 0.3) is 0 Å². The van der Waals surface area contributed by atoms with E-state index in [0.717, 1.165) is 0 Å². The minimum atomic E-state index is -0.193. The molecule has 0 fully saturated rings. The first-order valence-corrected chi connectivity index (χ1v) is 6.97. The van der Waals surface area contributed by atoms with E-state index < -0.39 is 0 Å². The lowest BCUT2D eigenvalue weighted by atomic mass is 10.0. The molecule has 22 heavy (non-hydrogen) atoms. The van der Waals surface area contributed by atoms with Gasteiger partial charge in [-0.25, -0.2) is 0 Å². The van der Waals surface area contributed by atoms with Crippen LogP contribution in [0.2, 0.25) is 0 Å². The molecule has 0 bridgehead atoms. The van der Waals surface area contributed by atoms with E-state index in [2.05, 4.69) is 11.9 Å². The van der Waals surface area contributed by atoms with Crippen LogP contribution in [-0.2, 0) is 9.59 Å². The molecule has 0 spiro atoms. The molecule has 116 valence electrons. The van der Waals surface area contributed by atoms with Gasteiger partial charge in [0.1, 0.15) is 5.75 Å². The quantitative estimate of drug-likeness (QED) is 0.635. The van der Waals surface area contributed by atoms with Gasteiger partial charge in [0, 0.05) is 32.0 Å². The van der Waals surface area contributed by atoms with Crippen LogP contribution in [0.5, 0.6) is 5.75 Å². The van der Waals surface area contributed by atoms with Crippen molar-refractivity contribution in [1.29, 1.82) is 0 Å². The summed E-state index contributed by atoms with van der Waals surface area (Å²) in [4.78, 5) is 36.7. The molecular weight excluding hydrogens is 284 g/mol. The first-order valence-electron chi connectivity index (χ1n) is 6.97. The predicted octanol–water partition coefficient (Wildman–Crippen LogP) is 1.31. The lowest BCUT2D eigenvalue weighted by Crippen LogP contribution is -2.35. The number of benzene rings is 1. The number of rotatable bonds is 6. The SMILES string of the molecule is C=CCNC(=O)CCC(=O)c1ccc2c(c1)N(C)C(=O)CO2. The van der Waals surface area contributed by atoms with Crippen molar-refractivity contribution in [1.82, 2.24) is 5.32 Å². The van der Waals surface area contributed by atoms with Crippen LogP contribution in [-0.4, -0.2) is 37.8 Å². The Morgan fingerprint density at radius 3 is 2.91 bits per heavy atom. The maximum absolute atomic E-state index is 12.2. The summed E-state index contributed by atoms with van der Waals surface area (Å²) in [6.07, 6.45) is 1.81. The third kappa shape index (κ3) is 3.52. The Hall–Kier alpha value is -2.63. The van der Waals surface area contributed by atoms with E-state index in [9.17, 15) is 14.4 Å². The Balaban J connectivity index is 2.03. The van der Waals surface area contributed by atoms with E-state index in [1.807, 2.05) is 0 Å². The molecule has 0 saturated heterocycles. The minimum Gasteiger partial charge on any atom is -0.482 e. The summed E-state index contributed by atoms with van der Waals surface area (Å²) in [5, 5.41) is 2.62. The highest BCUT2D eigenvalue weighted by atomic mass is 16.5. The van der Waals surface area contributed by atoms with Gasteiger partial charge in [0.25, 0.3) is 5.91 Å². The van der Waals surface area contributed by atoms with Crippen LogP contribution in [0.1, 0.15) is 23.2 Å². The average molecular weight is 302 g/mol. The molecule has 1 aromatic rings. The number of Topliss-reactive ketones (excluding diaryl/α,β-unsaturated/α-hetero) is 1. The lowest BCUT2D eigenvalue weighted by Gasteiger charge is -2.26. The monoisotopic (exact) mass is 302 g/mol. The minimum absolute atomic E-state index is 0.000266. The molecule has 0 aromatic heterocycles. The van der Waals surface area contributed by atoms with E-state index in [1.54, 1.807) is 31.3 Å². The van der Waals surface area contributed by atoms with Crippen molar-refractivity contribution in [2.75, 3.05) is 25.1 Å². The zero-order chi connectivity index (χ0) is 16.1. The van der Waals surface area contributed by atoms with Crippen LogP contribution in [0, 0.1) is 0 Å². The first-order chi connectivity index (χ1) is 10.5. The molecule has 0 atom stereocenters. The molecule has 0 unspecified atom stereocenters. The fourth-order valence-corrected chi connectivity index (χ4v) is 2.09. The van der Waals surface area contributed by atoms with Crippen LogP contribution in [0.4, 0.5) is 5.69 Å². The van der Waals surface area contributed by atoms with Gasteiger partial charge in [-0.2, -0.15) is 0 Å². The summed E-state index contributed by atoms with van der Waals surface area (Å²) in [5.41, 5.74) is 1.03. The van der Waals surface area contributed by atoms with Gasteiger partial charge in [-0.15, -0.1) is 6.58 Å². The van der Waals surface area contributed by atoms with Crippen molar-refractivity contribution in [3.63, 3.8) is 0 Å². The highest BCUT2D eigenvalue weighted by Crippen LogP contribution is 2.32. The summed E-state index contributed by atoms with van der Waals surface area (Å²) in [6, 6.07) is 4.94. The first kappa shape index (κ1) is 15.8. The molecule has 6 heteroatoms. The number of likely N-dealkylation sites (N-methyl/N-ethyl adjacent to an activating group) is 1. The number of hydrogen-bond acceptors (Lipinski definition) is 4. The molecule has 1 N–H and O–H groups in total. The van der Waals surface area contributed by atoms with Crippen molar-refractivity contribution in [3.05, 3.63) is 36.4 Å². The largest absolute Gasteiger partial charge is 0.482 e. The van der Waals surface area contributed by atoms with Crippen molar-refractivity contribution < 1.29 is 19.1 Å². The number of carbonyl (C=O) groups excluding carboxylic acids is 3. The van der Waals surface area contributed by atoms with Gasteiger partial charge in [-0.05, 0) is 18.2 Å². The number of hydrogen-bond donors (Lipinski definition) is 1. The standard InChI is InChI=1S/C16H18N2O4/c1-3-8-17-15(20)7-5-13(19)11-4-6-14-12(9-11)18(2)16(21)10-22-14/h3-4,6,9H,1,5,7-8,10H2,2H3,(H,17,20). The van der Waals surface area contributed by atoms with Crippen molar-refractivity contribution in [3.8, 4) is 5.75 Å². The van der Waals surface area contributed by atoms with Crippen LogP contribution in [0.3, 0.4) is 0 Å². The highest BCUT2D eigenvalue weighted by molar-refractivity contribution is 6.02. The summed E-state index contributed by atoms with van der Waals surface area (Å²) >= 11 is 0. The van der Waals surface area contributed by atoms with Gasteiger partial charge in [-0.1, -0.05) is 6.08 Å². The average Bonchev–Trinajstić information content (AvgIpc) is 2.53. The molecule has 1 aromatic carbocycles. The molecule has 0 aliphatic carbocycles. The van der Waals surface area contributed by atoms with Gasteiger partial charge in [-0.3, -0.25) is 14.4 Å². The number of ether oxygens (including phenoxy) is 1. The van der Waals surface area contributed by atoms with E-state index in [0.29, 0.717) is 23.5 Å². The predicted molar refractivity (Wildman–Crippen MR) is 82.1 cm³/mol. The van der Waals surface area contributed by atoms with Gasteiger partial charge in [0.15, 0.2) is 12.4 Å². The van der Waals surface area contributed by atoms with E-state index in [4.69, 9.17) is 4.74 Å². The summed E-state index contributed by atoms with van der Waals surface area (Å²) in [7, 11) is 1.64. The Labute approximate surface area is 128 Å². The maximum atomic E-state index is 12.2. The summed E-state index contributed by atoms with van der Waals surface area (Å²) in [6.45, 7) is 3.89. The Morgan fingerprint density at radius 1 is 1.41 bits per heavy atom. The summed E-state index contributed by atoms with van der Waals surface area (Å²) in [5.74, 6) is 0.0630. The Bertz CT molecular complexity index is 625. The van der Waals surface area contributed by atoms with Gasteiger partial charge in [0.2, 0.25) is 5.91 Å². The van der Waals surface area contributed by atoms with Crippen LogP contribution >= 0.6 is 0 Å². The van der Waals surface area contributed by atoms with Gasteiger partial charge >= 0.3 is 0 Å². The van der Waals surface area contributed by atoms with Crippen molar-refractivity contribution in [2.24, 2.45) is 0 Å². The number of nitrogens with zero attached hydrogens (tertiary/aromatic N) is 1. The maximum Gasteiger partial charge on any atom is 0.264 e. The molecule has 2 amide bonds. The zero-order valence-corrected chi connectivity index (χ0v) is 12.4. The Kier molecular flexibility index (Phi) is 4.93. The number of fused-ring (bicyclic) bond motifs is 1. The van der Waals surface area contributed by atoms with Crippen LogP contribution < -0.4 is 15.0 Å². The smallest absolute Gasteiger partial charge is 0.264 e. The van der Waals surface area contributed by atoms with E-state index in [-0.39, 0.29) is 37.0 Å². The number of ketones is 1. The molecule has 1 heterocycles. The molecule has 0 saturated carbocycles. The van der Waals surface area contributed by atoms with Crippen molar-refractivity contribution in [2.45, 2.75) is 12.8 Å². The number of nitrogens with one attached hydrogen (secondary N) is 1. The topological polar surface area (TPSA) is 75.7 Å². The third-order valence-electron chi connectivity index (χ3n) is 3.39. The second-order valence-electron chi connectivity index (χ2n) is 4.94. The number of carbonyl (C=O) groups is 3. The van der Waals surface area contributed by atoms with Crippen molar-refractivity contribution >= 4 is 23.3 Å². The molecular formula is C16H18N2O4. The molecule has 0 radical (unpaired) electrons. The zero-order valence-electron chi connectivity index (χ0n) is 12.4. The molecule has 2 rings (SSSR count). The third-order valence-corrected chi connectivity index (χ3v) is 3.39. The highest BCUT2D eigenvalue weighted by Gasteiger charge is 2.23. The number of amides is 2. The van der Waals surface area contributed by atoms with E-state index in [1.165, 1.54) is 4.90 Å². The summed E-state index contributed by atoms with van der Waals surface area (Å²) < 4.78 is 5.31. The second-order valence-corrected chi connectivity index (χ2v) is 4.94. The molecule has 1 aliphatic heterocycles. The lowest BCUT2D eigenvalue weighted by molar-refractivity contribution is -0.121. The Morgan fingerprint density at radius 2 is 2.18 bits per heavy atom. The molecule has 1 aliphatic rings. The van der Waals surface area contributed by atoms with Gasteiger partial charge < -0.3 is 15.0 Å². The second kappa shape index (κ2) is 6.89. The normalized spacial score (nSPS) is 13.1. The molecule has 6 nitrogen and oxygen atoms in total. The fourth-order valence-electron chi connectivity index (χ4n) is 2.09. The fraction of sp³-hybridized carbons (Fsp3) is 0.312. The van der Waals surface area contributed by atoms with Gasteiger partial charge in [0.05, 0.1) is 5.69 Å². The number of anilines is 1.